The molecular weight excluding hydrogens is 480 g/mol. The van der Waals surface area contributed by atoms with E-state index < -0.39 is 10.0 Å². The van der Waals surface area contributed by atoms with Crippen LogP contribution in [0.25, 0.3) is 11.0 Å². The van der Waals surface area contributed by atoms with Crippen molar-refractivity contribution >= 4 is 32.8 Å². The molecule has 5 rings (SSSR count). The van der Waals surface area contributed by atoms with Gasteiger partial charge in [0.2, 0.25) is 10.0 Å². The number of fused-ring (bicyclic) bond motifs is 1. The van der Waals surface area contributed by atoms with E-state index >= 15 is 0 Å². The maximum absolute atomic E-state index is 13.4. The van der Waals surface area contributed by atoms with Crippen LogP contribution in [0.1, 0.15) is 43.7 Å². The van der Waals surface area contributed by atoms with Crippen LogP contribution in [-0.2, 0) is 27.1 Å². The molecule has 0 saturated carbocycles. The van der Waals surface area contributed by atoms with Crippen molar-refractivity contribution < 1.29 is 13.2 Å². The Balaban J connectivity index is 1.48. The highest BCUT2D eigenvalue weighted by atomic mass is 32.2. The van der Waals surface area contributed by atoms with Crippen LogP contribution in [0.5, 0.6) is 0 Å². The molecule has 0 aliphatic carbocycles. The highest BCUT2D eigenvalue weighted by Gasteiger charge is 2.29. The molecule has 2 saturated heterocycles. The molecule has 3 heterocycles. The monoisotopic (exact) mass is 510 g/mol. The molecule has 0 unspecified atom stereocenters. The predicted octanol–water partition coefficient (Wildman–Crippen LogP) is 4.80. The third-order valence-electron chi connectivity index (χ3n) is 6.85. The van der Waals surface area contributed by atoms with Crippen LogP contribution in [0.2, 0.25) is 0 Å². The lowest BCUT2D eigenvalue weighted by molar-refractivity contribution is 0.0960. The summed E-state index contributed by atoms with van der Waals surface area (Å²) in [6.45, 7) is 4.68. The van der Waals surface area contributed by atoms with Crippen molar-refractivity contribution in [1.82, 2.24) is 13.9 Å². The SMILES string of the molecule is C[C@@H]1CCCN(S(=O)(=O)c2ccc3c(c2)nc(SCc2ccccc2C#N)n3C[C@@H]2CCCO2)C1. The first-order chi connectivity index (χ1) is 17.0. The maximum atomic E-state index is 13.4. The highest BCUT2D eigenvalue weighted by Crippen LogP contribution is 2.32. The largest absolute Gasteiger partial charge is 0.376 e. The smallest absolute Gasteiger partial charge is 0.243 e. The minimum atomic E-state index is -3.56. The molecule has 0 bridgehead atoms. The summed E-state index contributed by atoms with van der Waals surface area (Å²) in [5.41, 5.74) is 3.19. The fraction of sp³-hybridized carbons (Fsp3) is 0.462. The molecule has 1 aromatic heterocycles. The minimum absolute atomic E-state index is 0.122. The Bertz CT molecular complexity index is 1360. The number of thioether (sulfide) groups is 1. The van der Waals surface area contributed by atoms with E-state index in [0.29, 0.717) is 47.3 Å². The van der Waals surface area contributed by atoms with E-state index in [1.165, 1.54) is 0 Å². The predicted molar refractivity (Wildman–Crippen MR) is 137 cm³/mol. The summed E-state index contributed by atoms with van der Waals surface area (Å²) in [6, 6.07) is 15.1. The van der Waals surface area contributed by atoms with Crippen molar-refractivity contribution in [3.8, 4) is 6.07 Å². The molecule has 0 radical (unpaired) electrons. The van der Waals surface area contributed by atoms with Gasteiger partial charge in [-0.3, -0.25) is 0 Å². The summed E-state index contributed by atoms with van der Waals surface area (Å²) in [7, 11) is -3.56. The minimum Gasteiger partial charge on any atom is -0.376 e. The van der Waals surface area contributed by atoms with Gasteiger partial charge in [0.25, 0.3) is 0 Å². The second-order valence-corrected chi connectivity index (χ2v) is 12.3. The van der Waals surface area contributed by atoms with E-state index in [1.54, 1.807) is 28.2 Å². The van der Waals surface area contributed by atoms with Crippen molar-refractivity contribution in [2.45, 2.75) is 61.1 Å². The Kier molecular flexibility index (Phi) is 7.17. The number of piperidine rings is 1. The zero-order valence-corrected chi connectivity index (χ0v) is 21.5. The summed E-state index contributed by atoms with van der Waals surface area (Å²) >= 11 is 1.57. The maximum Gasteiger partial charge on any atom is 0.243 e. The molecule has 2 aromatic carbocycles. The van der Waals surface area contributed by atoms with Crippen molar-refractivity contribution in [3.05, 3.63) is 53.6 Å². The number of hydrogen-bond donors (Lipinski definition) is 0. The first-order valence-corrected chi connectivity index (χ1v) is 14.6. The van der Waals surface area contributed by atoms with Gasteiger partial charge in [-0.05, 0) is 61.4 Å². The molecule has 35 heavy (non-hydrogen) atoms. The molecule has 0 amide bonds. The third kappa shape index (κ3) is 5.12. The number of imidazole rings is 1. The molecule has 3 aromatic rings. The van der Waals surface area contributed by atoms with Crippen molar-refractivity contribution in [3.63, 3.8) is 0 Å². The Morgan fingerprint density at radius 3 is 2.83 bits per heavy atom. The number of rotatable bonds is 7. The molecule has 9 heteroatoms. The molecule has 2 fully saturated rings. The summed E-state index contributed by atoms with van der Waals surface area (Å²) < 4.78 is 36.4. The standard InChI is InChI=1S/C26H30N4O3S2/c1-19-6-4-12-29(16-19)35(31,32)23-10-11-25-24(14-23)28-26(30(25)17-22-9-5-13-33-22)34-18-21-8-3-2-7-20(21)15-27/h2-3,7-8,10-11,14,19,22H,4-6,9,12-13,16-18H2,1H3/t19-,22+/m1/s1. The number of ether oxygens (including phenoxy) is 1. The quantitative estimate of drug-likeness (QED) is 0.424. The van der Waals surface area contributed by atoms with E-state index in [1.807, 2.05) is 30.3 Å². The van der Waals surface area contributed by atoms with Gasteiger partial charge in [0.05, 0.1) is 40.2 Å². The Morgan fingerprint density at radius 2 is 2.06 bits per heavy atom. The van der Waals surface area contributed by atoms with Crippen LogP contribution in [0, 0.1) is 17.2 Å². The average molecular weight is 511 g/mol. The molecule has 2 atom stereocenters. The zero-order chi connectivity index (χ0) is 24.4. The number of nitriles is 1. The highest BCUT2D eigenvalue weighted by molar-refractivity contribution is 7.98. The Hall–Kier alpha value is -2.38. The van der Waals surface area contributed by atoms with Gasteiger partial charge in [-0.15, -0.1) is 0 Å². The van der Waals surface area contributed by atoms with Gasteiger partial charge in [-0.1, -0.05) is 36.9 Å². The molecule has 2 aliphatic rings. The summed E-state index contributed by atoms with van der Waals surface area (Å²) in [6.07, 6.45) is 4.13. The molecule has 0 spiro atoms. The lowest BCUT2D eigenvalue weighted by Crippen LogP contribution is -2.39. The Morgan fingerprint density at radius 1 is 1.20 bits per heavy atom. The van der Waals surface area contributed by atoms with E-state index in [-0.39, 0.29) is 6.10 Å². The van der Waals surface area contributed by atoms with Gasteiger partial charge in [-0.25, -0.2) is 13.4 Å². The normalized spacial score (nSPS) is 21.4. The van der Waals surface area contributed by atoms with Gasteiger partial charge in [-0.2, -0.15) is 9.57 Å². The zero-order valence-electron chi connectivity index (χ0n) is 19.9. The van der Waals surface area contributed by atoms with E-state index in [4.69, 9.17) is 9.72 Å². The number of aromatic nitrogens is 2. The van der Waals surface area contributed by atoms with Crippen LogP contribution < -0.4 is 0 Å². The third-order valence-corrected chi connectivity index (χ3v) is 9.73. The van der Waals surface area contributed by atoms with Gasteiger partial charge >= 0.3 is 0 Å². The molecule has 184 valence electrons. The van der Waals surface area contributed by atoms with Crippen LogP contribution in [0.15, 0.2) is 52.5 Å². The first kappa shape index (κ1) is 24.3. The topological polar surface area (TPSA) is 88.2 Å². The number of hydrogen-bond acceptors (Lipinski definition) is 6. The van der Waals surface area contributed by atoms with Crippen LogP contribution in [0.4, 0.5) is 0 Å². The van der Waals surface area contributed by atoms with E-state index in [0.717, 1.165) is 48.5 Å². The van der Waals surface area contributed by atoms with Gasteiger partial charge in [0.1, 0.15) is 0 Å². The molecule has 0 N–H and O–H groups in total. The number of benzene rings is 2. The van der Waals surface area contributed by atoms with Gasteiger partial charge in [0, 0.05) is 25.4 Å². The lowest BCUT2D eigenvalue weighted by Gasteiger charge is -2.30. The van der Waals surface area contributed by atoms with Crippen molar-refractivity contribution in [1.29, 1.82) is 5.26 Å². The van der Waals surface area contributed by atoms with Gasteiger partial charge in [0.15, 0.2) is 5.16 Å². The molecule has 2 aliphatic heterocycles. The van der Waals surface area contributed by atoms with E-state index in [9.17, 15) is 13.7 Å². The second kappa shape index (κ2) is 10.3. The number of nitrogens with zero attached hydrogens (tertiary/aromatic N) is 4. The summed E-state index contributed by atoms with van der Waals surface area (Å²) in [4.78, 5) is 5.16. The second-order valence-electron chi connectivity index (χ2n) is 9.46. The molecular formula is C26H30N4O3S2. The van der Waals surface area contributed by atoms with E-state index in [2.05, 4.69) is 17.6 Å². The molecule has 7 nitrogen and oxygen atoms in total. The lowest BCUT2D eigenvalue weighted by atomic mass is 10.0. The fourth-order valence-electron chi connectivity index (χ4n) is 4.94. The van der Waals surface area contributed by atoms with Crippen LogP contribution >= 0.6 is 11.8 Å². The van der Waals surface area contributed by atoms with Crippen molar-refractivity contribution in [2.75, 3.05) is 19.7 Å². The van der Waals surface area contributed by atoms with Crippen LogP contribution in [0.3, 0.4) is 0 Å². The summed E-state index contributed by atoms with van der Waals surface area (Å²) in [5.74, 6) is 0.974. The van der Waals surface area contributed by atoms with Gasteiger partial charge < -0.3 is 9.30 Å². The number of sulfonamides is 1. The Labute approximate surface area is 211 Å². The van der Waals surface area contributed by atoms with Crippen molar-refractivity contribution in [2.24, 2.45) is 5.92 Å². The fourth-order valence-corrected chi connectivity index (χ4v) is 7.58. The first-order valence-electron chi connectivity index (χ1n) is 12.2. The summed E-state index contributed by atoms with van der Waals surface area (Å²) in [5, 5.41) is 10.3. The average Bonchev–Trinajstić information content (AvgIpc) is 3.51. The van der Waals surface area contributed by atoms with Crippen LogP contribution in [-0.4, -0.2) is 48.1 Å².